The van der Waals surface area contributed by atoms with Crippen LogP contribution in [0.4, 0.5) is 0 Å². The fourth-order valence-corrected chi connectivity index (χ4v) is 1.70. The van der Waals surface area contributed by atoms with Crippen LogP contribution in [0.5, 0.6) is 0 Å². The van der Waals surface area contributed by atoms with Gasteiger partial charge in [0.1, 0.15) is 0 Å². The summed E-state index contributed by atoms with van der Waals surface area (Å²) in [4.78, 5) is 12.1. The zero-order chi connectivity index (χ0) is 9.84. The highest BCUT2D eigenvalue weighted by atomic mass is 35.5. The minimum atomic E-state index is -0.110. The van der Waals surface area contributed by atoms with Gasteiger partial charge in [0.05, 0.1) is 9.90 Å². The Balaban J connectivity index is 2.58. The lowest BCUT2D eigenvalue weighted by atomic mass is 10.4. The highest BCUT2D eigenvalue weighted by Gasteiger charge is 2.08. The lowest BCUT2D eigenvalue weighted by Gasteiger charge is -2.14. The van der Waals surface area contributed by atoms with Gasteiger partial charge in [0.25, 0.3) is 5.91 Å². The predicted molar refractivity (Wildman–Crippen MR) is 55.1 cm³/mol. The van der Waals surface area contributed by atoms with Crippen LogP contribution in [0, 0.1) is 0 Å². The van der Waals surface area contributed by atoms with Crippen molar-refractivity contribution in [3.05, 3.63) is 21.3 Å². The molecule has 0 aliphatic carbocycles. The number of carbonyl (C=O) groups is 1. The van der Waals surface area contributed by atoms with Crippen molar-refractivity contribution in [3.63, 3.8) is 0 Å². The first-order chi connectivity index (χ1) is 6.13. The van der Waals surface area contributed by atoms with E-state index in [1.807, 2.05) is 14.0 Å². The summed E-state index contributed by atoms with van der Waals surface area (Å²) in [6, 6.07) is 1.66. The summed E-state index contributed by atoms with van der Waals surface area (Å²) in [5, 5.41) is 4.06. The second kappa shape index (κ2) is 4.60. The maximum Gasteiger partial charge on any atom is 0.275 e. The van der Waals surface area contributed by atoms with Gasteiger partial charge in [-0.15, -0.1) is 11.3 Å². The van der Waals surface area contributed by atoms with Crippen molar-refractivity contribution in [2.45, 2.75) is 6.92 Å². The topological polar surface area (TPSA) is 32.3 Å². The van der Waals surface area contributed by atoms with E-state index < -0.39 is 0 Å². The maximum absolute atomic E-state index is 11.4. The molecule has 3 nitrogen and oxygen atoms in total. The number of amides is 1. The van der Waals surface area contributed by atoms with E-state index in [4.69, 9.17) is 11.6 Å². The van der Waals surface area contributed by atoms with E-state index in [-0.39, 0.29) is 5.91 Å². The van der Waals surface area contributed by atoms with Crippen molar-refractivity contribution in [3.8, 4) is 0 Å². The molecule has 0 fully saturated rings. The van der Waals surface area contributed by atoms with Crippen molar-refractivity contribution in [1.82, 2.24) is 10.4 Å². The molecule has 0 bridgehead atoms. The van der Waals surface area contributed by atoms with Gasteiger partial charge < -0.3 is 0 Å². The molecular formula is C8H11ClN2OS. The summed E-state index contributed by atoms with van der Waals surface area (Å²) in [5.74, 6) is -0.110. The van der Waals surface area contributed by atoms with Crippen LogP contribution in [0.3, 0.4) is 0 Å². The zero-order valence-corrected chi connectivity index (χ0v) is 9.08. The number of hydrogen-bond donors (Lipinski definition) is 1. The third-order valence-electron chi connectivity index (χ3n) is 1.56. The van der Waals surface area contributed by atoms with Crippen molar-refractivity contribution in [2.75, 3.05) is 13.6 Å². The molecule has 0 aliphatic rings. The van der Waals surface area contributed by atoms with Crippen LogP contribution in [0.1, 0.15) is 16.6 Å². The summed E-state index contributed by atoms with van der Waals surface area (Å²) in [7, 11) is 1.81. The summed E-state index contributed by atoms with van der Waals surface area (Å²) in [5.41, 5.74) is 2.71. The van der Waals surface area contributed by atoms with Gasteiger partial charge in [0, 0.05) is 19.0 Å². The van der Waals surface area contributed by atoms with Gasteiger partial charge in [-0.2, -0.15) is 0 Å². The molecule has 13 heavy (non-hydrogen) atoms. The van der Waals surface area contributed by atoms with Gasteiger partial charge in [0.2, 0.25) is 0 Å². The highest BCUT2D eigenvalue weighted by molar-refractivity contribution is 7.12. The molecule has 1 amide bonds. The Kier molecular flexibility index (Phi) is 3.71. The Morgan fingerprint density at radius 3 is 2.92 bits per heavy atom. The smallest absolute Gasteiger partial charge is 0.275 e. The fraction of sp³-hybridized carbons (Fsp3) is 0.375. The molecule has 1 aromatic rings. The molecule has 1 rings (SSSR count). The van der Waals surface area contributed by atoms with Gasteiger partial charge in [-0.3, -0.25) is 10.2 Å². The molecular weight excluding hydrogens is 208 g/mol. The van der Waals surface area contributed by atoms with Gasteiger partial charge in [-0.25, -0.2) is 5.01 Å². The summed E-state index contributed by atoms with van der Waals surface area (Å²) >= 11 is 7.03. The first kappa shape index (κ1) is 10.5. The Morgan fingerprint density at radius 1 is 1.77 bits per heavy atom. The average Bonchev–Trinajstić information content (AvgIpc) is 2.51. The highest BCUT2D eigenvalue weighted by Crippen LogP contribution is 2.18. The van der Waals surface area contributed by atoms with Crippen molar-refractivity contribution in [2.24, 2.45) is 0 Å². The number of halogens is 1. The molecule has 1 heterocycles. The Hall–Kier alpha value is -0.580. The van der Waals surface area contributed by atoms with Gasteiger partial charge in [-0.1, -0.05) is 18.5 Å². The largest absolute Gasteiger partial charge is 0.284 e. The van der Waals surface area contributed by atoms with Crippen molar-refractivity contribution >= 4 is 28.8 Å². The number of nitrogens with one attached hydrogen (secondary N) is 1. The maximum atomic E-state index is 11.4. The second-order valence-electron chi connectivity index (χ2n) is 2.58. The zero-order valence-electron chi connectivity index (χ0n) is 7.50. The normalized spacial score (nSPS) is 10.5. The van der Waals surface area contributed by atoms with E-state index in [1.165, 1.54) is 11.3 Å². The molecule has 0 aromatic carbocycles. The van der Waals surface area contributed by atoms with Gasteiger partial charge >= 0.3 is 0 Å². The molecule has 0 atom stereocenters. The lowest BCUT2D eigenvalue weighted by Crippen LogP contribution is -2.38. The Morgan fingerprint density at radius 2 is 2.46 bits per heavy atom. The Labute approximate surface area is 86.3 Å². The number of nitrogens with zero attached hydrogens (tertiary/aromatic N) is 1. The molecule has 72 valence electrons. The van der Waals surface area contributed by atoms with Crippen LogP contribution in [-0.4, -0.2) is 24.5 Å². The van der Waals surface area contributed by atoms with Crippen LogP contribution in [0.2, 0.25) is 5.02 Å². The van der Waals surface area contributed by atoms with E-state index in [2.05, 4.69) is 5.43 Å². The molecule has 0 saturated heterocycles. The van der Waals surface area contributed by atoms with Crippen LogP contribution in [0.15, 0.2) is 11.4 Å². The quantitative estimate of drug-likeness (QED) is 0.788. The summed E-state index contributed by atoms with van der Waals surface area (Å²) in [6.07, 6.45) is 0. The van der Waals surface area contributed by atoms with Crippen LogP contribution in [0.25, 0.3) is 0 Å². The predicted octanol–water partition coefficient (Wildman–Crippen LogP) is 2.00. The molecule has 1 N–H and O–H groups in total. The van der Waals surface area contributed by atoms with Gasteiger partial charge in [0.15, 0.2) is 0 Å². The third kappa shape index (κ3) is 2.99. The molecule has 0 aliphatic heterocycles. The number of rotatable bonds is 3. The fourth-order valence-electron chi connectivity index (χ4n) is 0.740. The first-order valence-corrected chi connectivity index (χ1v) is 5.15. The molecule has 0 radical (unpaired) electrons. The average molecular weight is 219 g/mol. The molecule has 0 saturated carbocycles. The van der Waals surface area contributed by atoms with E-state index in [0.717, 1.165) is 6.54 Å². The molecule has 5 heteroatoms. The SMILES string of the molecule is CCN(C)NC(=O)c1cc(Cl)cs1. The van der Waals surface area contributed by atoms with Crippen molar-refractivity contribution in [1.29, 1.82) is 0 Å². The minimum absolute atomic E-state index is 0.110. The first-order valence-electron chi connectivity index (χ1n) is 3.89. The van der Waals surface area contributed by atoms with E-state index in [0.29, 0.717) is 9.90 Å². The molecule has 0 spiro atoms. The van der Waals surface area contributed by atoms with Gasteiger partial charge in [-0.05, 0) is 6.07 Å². The van der Waals surface area contributed by atoms with Crippen LogP contribution < -0.4 is 5.43 Å². The van der Waals surface area contributed by atoms with Crippen molar-refractivity contribution < 1.29 is 4.79 Å². The molecule has 0 unspecified atom stereocenters. The van der Waals surface area contributed by atoms with Crippen LogP contribution >= 0.6 is 22.9 Å². The second-order valence-corrected chi connectivity index (χ2v) is 3.93. The number of thiophene rings is 1. The standard InChI is InChI=1S/C8H11ClN2OS/c1-3-11(2)10-8(12)7-4-6(9)5-13-7/h4-5H,3H2,1-2H3,(H,10,12). The summed E-state index contributed by atoms with van der Waals surface area (Å²) < 4.78 is 0. The van der Waals surface area contributed by atoms with E-state index in [1.54, 1.807) is 16.5 Å². The van der Waals surface area contributed by atoms with Crippen LogP contribution in [-0.2, 0) is 0 Å². The third-order valence-corrected chi connectivity index (χ3v) is 2.83. The lowest BCUT2D eigenvalue weighted by molar-refractivity contribution is 0.0839. The number of hydrogen-bond acceptors (Lipinski definition) is 3. The number of hydrazine groups is 1. The van der Waals surface area contributed by atoms with E-state index in [9.17, 15) is 4.79 Å². The minimum Gasteiger partial charge on any atom is -0.284 e. The monoisotopic (exact) mass is 218 g/mol. The summed E-state index contributed by atoms with van der Waals surface area (Å²) in [6.45, 7) is 2.73. The van der Waals surface area contributed by atoms with E-state index >= 15 is 0 Å². The molecule has 1 aromatic heterocycles. The Bertz CT molecular complexity index is 300. The number of carbonyl (C=O) groups excluding carboxylic acids is 1.